The first-order valence-electron chi connectivity index (χ1n) is 8.77. The predicted octanol–water partition coefficient (Wildman–Crippen LogP) is 3.96. The standard InChI is InChI=1S/C19H28ClNO3S/c1-5-6-16(13-25(23)19(2,3)4)21-17(11-24-12-18(21)22)14-7-9-15(20)10-8-14/h7-10,16-17H,5-6,11-13H2,1-4H3/t16-,17-,25?/m0/s1. The van der Waals surface area contributed by atoms with Crippen molar-refractivity contribution in [2.75, 3.05) is 19.0 Å². The zero-order chi connectivity index (χ0) is 18.6. The molecule has 0 bridgehead atoms. The van der Waals surface area contributed by atoms with E-state index in [9.17, 15) is 9.00 Å². The van der Waals surface area contributed by atoms with Crippen molar-refractivity contribution in [2.24, 2.45) is 0 Å². The zero-order valence-corrected chi connectivity index (χ0v) is 17.0. The van der Waals surface area contributed by atoms with Crippen LogP contribution >= 0.6 is 11.6 Å². The zero-order valence-electron chi connectivity index (χ0n) is 15.5. The SMILES string of the molecule is CCC[C@@H](CS(=O)C(C)(C)C)N1C(=O)COC[C@H]1c1ccc(Cl)cc1. The summed E-state index contributed by atoms with van der Waals surface area (Å²) in [6.45, 7) is 8.56. The molecule has 2 rings (SSSR count). The fraction of sp³-hybridized carbons (Fsp3) is 0.632. The molecular weight excluding hydrogens is 358 g/mol. The predicted molar refractivity (Wildman–Crippen MR) is 103 cm³/mol. The normalized spacial score (nSPS) is 21.2. The monoisotopic (exact) mass is 385 g/mol. The van der Waals surface area contributed by atoms with Gasteiger partial charge in [0.15, 0.2) is 0 Å². The molecule has 1 aromatic carbocycles. The number of nitrogens with zero attached hydrogens (tertiary/aromatic N) is 1. The smallest absolute Gasteiger partial charge is 0.249 e. The Hall–Kier alpha value is -0.910. The number of ether oxygens (including phenoxy) is 1. The molecule has 0 N–H and O–H groups in total. The molecule has 1 fully saturated rings. The van der Waals surface area contributed by atoms with Crippen LogP contribution in [0.25, 0.3) is 0 Å². The number of hydrogen-bond donors (Lipinski definition) is 0. The molecule has 1 aromatic rings. The minimum absolute atomic E-state index is 0.0319. The number of rotatable bonds is 6. The van der Waals surface area contributed by atoms with Crippen molar-refractivity contribution in [1.82, 2.24) is 4.90 Å². The lowest BCUT2D eigenvalue weighted by molar-refractivity contribution is -0.151. The van der Waals surface area contributed by atoms with E-state index in [4.69, 9.17) is 16.3 Å². The van der Waals surface area contributed by atoms with Crippen LogP contribution in [0.2, 0.25) is 5.02 Å². The first-order chi connectivity index (χ1) is 11.7. The van der Waals surface area contributed by atoms with Crippen molar-refractivity contribution < 1.29 is 13.7 Å². The summed E-state index contributed by atoms with van der Waals surface area (Å²) in [5.41, 5.74) is 1.00. The Morgan fingerprint density at radius 1 is 1.32 bits per heavy atom. The summed E-state index contributed by atoms with van der Waals surface area (Å²) in [4.78, 5) is 14.6. The Bertz CT molecular complexity index is 612. The molecule has 0 aromatic heterocycles. The van der Waals surface area contributed by atoms with E-state index in [1.807, 2.05) is 49.9 Å². The van der Waals surface area contributed by atoms with Crippen LogP contribution < -0.4 is 0 Å². The van der Waals surface area contributed by atoms with Crippen LogP contribution in [0.4, 0.5) is 0 Å². The molecule has 1 unspecified atom stereocenters. The molecule has 1 aliphatic rings. The highest BCUT2D eigenvalue weighted by Gasteiger charge is 2.37. The molecular formula is C19H28ClNO3S. The molecule has 0 spiro atoms. The molecule has 6 heteroatoms. The summed E-state index contributed by atoms with van der Waals surface area (Å²) in [6, 6.07) is 7.32. The number of hydrogen-bond acceptors (Lipinski definition) is 3. The number of carbonyl (C=O) groups is 1. The van der Waals surface area contributed by atoms with Crippen LogP contribution in [0, 0.1) is 0 Å². The summed E-state index contributed by atoms with van der Waals surface area (Å²) >= 11 is 5.99. The van der Waals surface area contributed by atoms with Gasteiger partial charge < -0.3 is 9.64 Å². The maximum atomic E-state index is 12.7. The summed E-state index contributed by atoms with van der Waals surface area (Å²) in [5, 5.41) is 0.664. The summed E-state index contributed by atoms with van der Waals surface area (Å²) in [5.74, 6) is 0.461. The van der Waals surface area contributed by atoms with Gasteiger partial charge in [-0.05, 0) is 44.9 Å². The van der Waals surface area contributed by atoms with E-state index < -0.39 is 10.8 Å². The largest absolute Gasteiger partial charge is 0.369 e. The van der Waals surface area contributed by atoms with E-state index in [1.165, 1.54) is 0 Å². The highest BCUT2D eigenvalue weighted by atomic mass is 35.5. The number of benzene rings is 1. The summed E-state index contributed by atoms with van der Waals surface area (Å²) in [7, 11) is -1.02. The minimum atomic E-state index is -1.02. The van der Waals surface area contributed by atoms with Gasteiger partial charge in [0.25, 0.3) is 0 Å². The Kier molecular flexibility index (Phi) is 7.06. The topological polar surface area (TPSA) is 46.6 Å². The van der Waals surface area contributed by atoms with Crippen molar-refractivity contribution in [2.45, 2.75) is 57.4 Å². The van der Waals surface area contributed by atoms with E-state index in [0.717, 1.165) is 18.4 Å². The van der Waals surface area contributed by atoms with Crippen molar-refractivity contribution in [1.29, 1.82) is 0 Å². The quantitative estimate of drug-likeness (QED) is 0.744. The highest BCUT2D eigenvalue weighted by Crippen LogP contribution is 2.30. The Labute approximate surface area is 158 Å². The molecule has 1 aliphatic heterocycles. The lowest BCUT2D eigenvalue weighted by Crippen LogP contribution is -2.52. The van der Waals surface area contributed by atoms with Gasteiger partial charge in [0.2, 0.25) is 5.91 Å². The third kappa shape index (κ3) is 5.28. The van der Waals surface area contributed by atoms with Crippen LogP contribution in [0.5, 0.6) is 0 Å². The van der Waals surface area contributed by atoms with E-state index in [1.54, 1.807) is 0 Å². The van der Waals surface area contributed by atoms with Crippen molar-refractivity contribution in [3.05, 3.63) is 34.9 Å². The average molecular weight is 386 g/mol. The lowest BCUT2D eigenvalue weighted by atomic mass is 10.0. The van der Waals surface area contributed by atoms with Crippen molar-refractivity contribution >= 4 is 28.3 Å². The van der Waals surface area contributed by atoms with Gasteiger partial charge in [0.1, 0.15) is 6.61 Å². The second-order valence-corrected chi connectivity index (χ2v) is 10.1. The molecule has 140 valence electrons. The number of amides is 1. The van der Waals surface area contributed by atoms with Gasteiger partial charge in [-0.3, -0.25) is 9.00 Å². The van der Waals surface area contributed by atoms with Gasteiger partial charge >= 0.3 is 0 Å². The van der Waals surface area contributed by atoms with Crippen molar-refractivity contribution in [3.8, 4) is 0 Å². The molecule has 1 saturated heterocycles. The maximum absolute atomic E-state index is 12.7. The summed E-state index contributed by atoms with van der Waals surface area (Å²) in [6.07, 6.45) is 1.77. The van der Waals surface area contributed by atoms with Crippen molar-refractivity contribution in [3.63, 3.8) is 0 Å². The van der Waals surface area contributed by atoms with Crippen LogP contribution in [-0.2, 0) is 20.3 Å². The van der Waals surface area contributed by atoms with Gasteiger partial charge in [-0.15, -0.1) is 0 Å². The molecule has 3 atom stereocenters. The average Bonchev–Trinajstić information content (AvgIpc) is 2.54. The first kappa shape index (κ1) is 20.4. The third-order valence-corrected chi connectivity index (χ3v) is 6.73. The van der Waals surface area contributed by atoms with Gasteiger partial charge in [-0.25, -0.2) is 0 Å². The lowest BCUT2D eigenvalue weighted by Gasteiger charge is -2.42. The van der Waals surface area contributed by atoms with Gasteiger partial charge in [-0.1, -0.05) is 37.1 Å². The Balaban J connectivity index is 2.31. The first-order valence-corrected chi connectivity index (χ1v) is 10.5. The third-order valence-electron chi connectivity index (χ3n) is 4.42. The molecule has 1 amide bonds. The number of morpholine rings is 1. The highest BCUT2D eigenvalue weighted by molar-refractivity contribution is 7.86. The van der Waals surface area contributed by atoms with Gasteiger partial charge in [0.05, 0.1) is 12.6 Å². The minimum Gasteiger partial charge on any atom is -0.369 e. The summed E-state index contributed by atoms with van der Waals surface area (Å²) < 4.78 is 17.9. The molecule has 4 nitrogen and oxygen atoms in total. The number of halogens is 1. The second-order valence-electron chi connectivity index (χ2n) is 7.45. The van der Waals surface area contributed by atoms with Crippen LogP contribution in [0.3, 0.4) is 0 Å². The van der Waals surface area contributed by atoms with E-state index in [2.05, 4.69) is 6.92 Å². The van der Waals surface area contributed by atoms with E-state index in [0.29, 0.717) is 17.4 Å². The second kappa shape index (κ2) is 8.65. The molecule has 25 heavy (non-hydrogen) atoms. The van der Waals surface area contributed by atoms with Gasteiger partial charge in [0, 0.05) is 32.4 Å². The van der Waals surface area contributed by atoms with E-state index >= 15 is 0 Å². The van der Waals surface area contributed by atoms with Crippen LogP contribution in [-0.4, -0.2) is 44.8 Å². The molecule has 0 aliphatic carbocycles. The molecule has 0 radical (unpaired) electrons. The van der Waals surface area contributed by atoms with Crippen LogP contribution in [0.1, 0.15) is 52.1 Å². The van der Waals surface area contributed by atoms with Crippen LogP contribution in [0.15, 0.2) is 24.3 Å². The van der Waals surface area contributed by atoms with Gasteiger partial charge in [-0.2, -0.15) is 0 Å². The maximum Gasteiger partial charge on any atom is 0.249 e. The molecule has 0 saturated carbocycles. The molecule has 1 heterocycles. The Morgan fingerprint density at radius 3 is 2.52 bits per heavy atom. The Morgan fingerprint density at radius 2 is 1.96 bits per heavy atom. The fourth-order valence-electron chi connectivity index (χ4n) is 3.05. The number of carbonyl (C=O) groups excluding carboxylic acids is 1. The van der Waals surface area contributed by atoms with E-state index in [-0.39, 0.29) is 29.3 Å². The fourth-order valence-corrected chi connectivity index (χ4v) is 4.35.